The zero-order valence-corrected chi connectivity index (χ0v) is 9.45. The summed E-state index contributed by atoms with van der Waals surface area (Å²) in [7, 11) is 0. The largest absolute Gasteiger partial charge is 0.350 e. The Balaban J connectivity index is 1.66. The molecule has 4 nitrogen and oxygen atoms in total. The Hall–Kier alpha value is -1.16. The topological polar surface area (TPSA) is 49.8 Å². The Morgan fingerprint density at radius 3 is 3.00 bits per heavy atom. The maximum atomic E-state index is 4.58. The van der Waals surface area contributed by atoms with E-state index in [4.69, 9.17) is 0 Å². The van der Waals surface area contributed by atoms with E-state index >= 15 is 0 Å². The van der Waals surface area contributed by atoms with E-state index in [0.717, 1.165) is 19.0 Å². The molecule has 2 N–H and O–H groups in total. The van der Waals surface area contributed by atoms with Crippen LogP contribution in [0.2, 0.25) is 0 Å². The van der Waals surface area contributed by atoms with Gasteiger partial charge in [0, 0.05) is 30.4 Å². The molecule has 16 heavy (non-hydrogen) atoms. The molecule has 86 valence electrons. The standard InChI is InChI=1S/C12H18N4/c1-2-10(8-13-6-1)15-12-14-7-5-11(16-12)9-3-4-9/h5,7,9-10,13H,1-4,6,8H2,(H,14,15,16). The minimum absolute atomic E-state index is 0.489. The Labute approximate surface area is 95.9 Å². The first-order valence-corrected chi connectivity index (χ1v) is 6.22. The van der Waals surface area contributed by atoms with Gasteiger partial charge in [-0.1, -0.05) is 0 Å². The van der Waals surface area contributed by atoms with Crippen molar-refractivity contribution in [1.82, 2.24) is 15.3 Å². The van der Waals surface area contributed by atoms with E-state index in [0.29, 0.717) is 12.0 Å². The molecule has 1 aromatic heterocycles. The number of hydrogen-bond donors (Lipinski definition) is 2. The van der Waals surface area contributed by atoms with Crippen molar-refractivity contribution in [3.05, 3.63) is 18.0 Å². The van der Waals surface area contributed by atoms with Crippen LogP contribution in [0.3, 0.4) is 0 Å². The molecule has 3 rings (SSSR count). The SMILES string of the molecule is c1cc(C2CC2)nc(NC2CCCNC2)n1. The molecular weight excluding hydrogens is 200 g/mol. The predicted octanol–water partition coefficient (Wildman–Crippen LogP) is 1.52. The first-order valence-electron chi connectivity index (χ1n) is 6.22. The highest BCUT2D eigenvalue weighted by Gasteiger charge is 2.25. The second kappa shape index (κ2) is 4.37. The van der Waals surface area contributed by atoms with E-state index in [1.54, 1.807) is 0 Å². The van der Waals surface area contributed by atoms with E-state index in [1.807, 2.05) is 12.3 Å². The summed E-state index contributed by atoms with van der Waals surface area (Å²) in [4.78, 5) is 8.87. The zero-order chi connectivity index (χ0) is 10.8. The first kappa shape index (κ1) is 10.0. The number of aromatic nitrogens is 2. The van der Waals surface area contributed by atoms with Crippen LogP contribution in [0.25, 0.3) is 0 Å². The third-order valence-corrected chi connectivity index (χ3v) is 3.30. The van der Waals surface area contributed by atoms with E-state index in [-0.39, 0.29) is 0 Å². The van der Waals surface area contributed by atoms with Gasteiger partial charge in [-0.2, -0.15) is 0 Å². The molecule has 4 heteroatoms. The average Bonchev–Trinajstić information content (AvgIpc) is 3.15. The third-order valence-electron chi connectivity index (χ3n) is 3.30. The van der Waals surface area contributed by atoms with Gasteiger partial charge in [0.05, 0.1) is 0 Å². The lowest BCUT2D eigenvalue weighted by molar-refractivity contribution is 0.478. The molecule has 1 unspecified atom stereocenters. The second-order valence-electron chi connectivity index (χ2n) is 4.77. The van der Waals surface area contributed by atoms with Crippen LogP contribution in [0, 0.1) is 0 Å². The van der Waals surface area contributed by atoms with Gasteiger partial charge < -0.3 is 10.6 Å². The molecule has 1 saturated carbocycles. The normalized spacial score (nSPS) is 25.4. The van der Waals surface area contributed by atoms with Gasteiger partial charge in [0.2, 0.25) is 5.95 Å². The first-order chi connectivity index (χ1) is 7.92. The molecule has 1 saturated heterocycles. The molecule has 2 fully saturated rings. The van der Waals surface area contributed by atoms with Crippen molar-refractivity contribution in [3.63, 3.8) is 0 Å². The highest BCUT2D eigenvalue weighted by molar-refractivity contribution is 5.29. The van der Waals surface area contributed by atoms with Gasteiger partial charge in [-0.25, -0.2) is 9.97 Å². The van der Waals surface area contributed by atoms with E-state index < -0.39 is 0 Å². The predicted molar refractivity (Wildman–Crippen MR) is 63.5 cm³/mol. The minimum atomic E-state index is 0.489. The molecule has 0 aromatic carbocycles. The van der Waals surface area contributed by atoms with Crippen LogP contribution in [0.4, 0.5) is 5.95 Å². The Bertz CT molecular complexity index is 356. The van der Waals surface area contributed by atoms with E-state index in [9.17, 15) is 0 Å². The maximum absolute atomic E-state index is 4.58. The summed E-state index contributed by atoms with van der Waals surface area (Å²) in [6.45, 7) is 2.16. The van der Waals surface area contributed by atoms with Crippen LogP contribution in [0.5, 0.6) is 0 Å². The molecule has 1 aromatic rings. The van der Waals surface area contributed by atoms with Crippen molar-refractivity contribution in [1.29, 1.82) is 0 Å². The smallest absolute Gasteiger partial charge is 0.223 e. The summed E-state index contributed by atoms with van der Waals surface area (Å²) in [6, 6.07) is 2.53. The number of nitrogens with zero attached hydrogens (tertiary/aromatic N) is 2. The lowest BCUT2D eigenvalue weighted by Gasteiger charge is -2.23. The van der Waals surface area contributed by atoms with Crippen molar-refractivity contribution in [2.24, 2.45) is 0 Å². The molecule has 1 aliphatic heterocycles. The Morgan fingerprint density at radius 1 is 1.31 bits per heavy atom. The Kier molecular flexibility index (Phi) is 2.74. The number of anilines is 1. The lowest BCUT2D eigenvalue weighted by Crippen LogP contribution is -2.38. The number of hydrogen-bond acceptors (Lipinski definition) is 4. The van der Waals surface area contributed by atoms with Gasteiger partial charge in [-0.15, -0.1) is 0 Å². The van der Waals surface area contributed by atoms with Crippen molar-refractivity contribution < 1.29 is 0 Å². The number of nitrogens with one attached hydrogen (secondary N) is 2. The van der Waals surface area contributed by atoms with Crippen molar-refractivity contribution in [2.75, 3.05) is 18.4 Å². The molecule has 0 amide bonds. The fourth-order valence-electron chi connectivity index (χ4n) is 2.21. The lowest BCUT2D eigenvalue weighted by atomic mass is 10.1. The monoisotopic (exact) mass is 218 g/mol. The molecule has 0 bridgehead atoms. The fourth-order valence-corrected chi connectivity index (χ4v) is 2.21. The summed E-state index contributed by atoms with van der Waals surface area (Å²) in [6.07, 6.45) is 6.91. The molecule has 1 atom stereocenters. The van der Waals surface area contributed by atoms with Gasteiger partial charge in [0.1, 0.15) is 0 Å². The quantitative estimate of drug-likeness (QED) is 0.807. The highest BCUT2D eigenvalue weighted by atomic mass is 15.1. The van der Waals surface area contributed by atoms with Crippen molar-refractivity contribution in [2.45, 2.75) is 37.6 Å². The van der Waals surface area contributed by atoms with Gasteiger partial charge in [0.15, 0.2) is 0 Å². The molecule has 2 aliphatic rings. The van der Waals surface area contributed by atoms with E-state index in [2.05, 4.69) is 20.6 Å². The van der Waals surface area contributed by atoms with Crippen LogP contribution in [0.15, 0.2) is 12.3 Å². The summed E-state index contributed by atoms with van der Waals surface area (Å²) < 4.78 is 0. The van der Waals surface area contributed by atoms with Crippen molar-refractivity contribution in [3.8, 4) is 0 Å². The van der Waals surface area contributed by atoms with Crippen LogP contribution in [-0.4, -0.2) is 29.1 Å². The summed E-state index contributed by atoms with van der Waals surface area (Å²) in [5.41, 5.74) is 1.21. The summed E-state index contributed by atoms with van der Waals surface area (Å²) >= 11 is 0. The zero-order valence-electron chi connectivity index (χ0n) is 9.45. The average molecular weight is 218 g/mol. The molecule has 1 aliphatic carbocycles. The molecule has 2 heterocycles. The van der Waals surface area contributed by atoms with E-state index in [1.165, 1.54) is 31.4 Å². The Morgan fingerprint density at radius 2 is 2.25 bits per heavy atom. The van der Waals surface area contributed by atoms with Crippen LogP contribution in [0.1, 0.15) is 37.3 Å². The molecule has 0 radical (unpaired) electrons. The third kappa shape index (κ3) is 2.32. The van der Waals surface area contributed by atoms with Crippen molar-refractivity contribution >= 4 is 5.95 Å². The molecular formula is C12H18N4. The highest BCUT2D eigenvalue weighted by Crippen LogP contribution is 2.38. The maximum Gasteiger partial charge on any atom is 0.223 e. The van der Waals surface area contributed by atoms with Gasteiger partial charge in [-0.3, -0.25) is 0 Å². The molecule has 0 spiro atoms. The second-order valence-corrected chi connectivity index (χ2v) is 4.77. The van der Waals surface area contributed by atoms with Gasteiger partial charge in [-0.05, 0) is 38.3 Å². The summed E-state index contributed by atoms with van der Waals surface area (Å²) in [5.74, 6) is 1.51. The minimum Gasteiger partial charge on any atom is -0.350 e. The van der Waals surface area contributed by atoms with Crippen LogP contribution < -0.4 is 10.6 Å². The van der Waals surface area contributed by atoms with Gasteiger partial charge in [0.25, 0.3) is 0 Å². The van der Waals surface area contributed by atoms with Crippen LogP contribution in [-0.2, 0) is 0 Å². The number of rotatable bonds is 3. The fraction of sp³-hybridized carbons (Fsp3) is 0.667. The summed E-state index contributed by atoms with van der Waals surface area (Å²) in [5, 5.41) is 6.81. The van der Waals surface area contributed by atoms with Gasteiger partial charge >= 0.3 is 0 Å². The van der Waals surface area contributed by atoms with Crippen LogP contribution >= 0.6 is 0 Å². The number of piperidine rings is 1.